The van der Waals surface area contributed by atoms with Gasteiger partial charge in [-0.25, -0.2) is 0 Å². The quantitative estimate of drug-likeness (QED) is 0.642. The predicted molar refractivity (Wildman–Crippen MR) is 107 cm³/mol. The van der Waals surface area contributed by atoms with Crippen LogP contribution in [0.3, 0.4) is 0 Å². The zero-order valence-corrected chi connectivity index (χ0v) is 15.2. The van der Waals surface area contributed by atoms with Crippen molar-refractivity contribution >= 4 is 24.0 Å². The van der Waals surface area contributed by atoms with Crippen molar-refractivity contribution < 1.29 is 4.79 Å². The van der Waals surface area contributed by atoms with Crippen LogP contribution in [0.1, 0.15) is 25.3 Å². The summed E-state index contributed by atoms with van der Waals surface area (Å²) in [6.07, 6.45) is 1.53. The molecule has 5 nitrogen and oxygen atoms in total. The third kappa shape index (κ3) is 3.57. The number of nitrogens with two attached hydrogens (primary N) is 1. The molecule has 1 saturated heterocycles. The molecule has 136 valence electrons. The maximum Gasteiger partial charge on any atom is 0.227 e. The van der Waals surface area contributed by atoms with Crippen molar-refractivity contribution in [3.8, 4) is 0 Å². The second-order valence-corrected chi connectivity index (χ2v) is 6.55. The Morgan fingerprint density at radius 2 is 1.88 bits per heavy atom. The van der Waals surface area contributed by atoms with Gasteiger partial charge in [0, 0.05) is 19.4 Å². The molecule has 1 amide bonds. The van der Waals surface area contributed by atoms with Gasteiger partial charge < -0.3 is 10.6 Å². The zero-order chi connectivity index (χ0) is 18.5. The van der Waals surface area contributed by atoms with Crippen molar-refractivity contribution in [3.63, 3.8) is 0 Å². The molecule has 0 aliphatic carbocycles. The van der Waals surface area contributed by atoms with Crippen molar-refractivity contribution in [1.29, 1.82) is 0 Å². The molecule has 2 N–H and O–H groups in total. The minimum atomic E-state index is -0.289. The smallest absolute Gasteiger partial charge is 0.227 e. The lowest BCUT2D eigenvalue weighted by molar-refractivity contribution is -0.138. The van der Waals surface area contributed by atoms with Gasteiger partial charge in [0.05, 0.1) is 11.4 Å². The highest BCUT2D eigenvalue weighted by Crippen LogP contribution is 2.31. The number of aliphatic imine (C=N–C) groups is 1. The second kappa shape index (κ2) is 8.04. The van der Waals surface area contributed by atoms with Crippen molar-refractivity contribution in [2.75, 3.05) is 17.2 Å². The van der Waals surface area contributed by atoms with Crippen LogP contribution in [0.15, 0.2) is 59.6 Å². The Balaban J connectivity index is 1.91. The average molecular weight is 350 g/mol. The molecule has 2 atom stereocenters. The lowest BCUT2D eigenvalue weighted by Crippen LogP contribution is -2.60. The molecule has 2 aromatic carbocycles. The molecular formula is C21H26N4O. The van der Waals surface area contributed by atoms with Gasteiger partial charge >= 0.3 is 0 Å². The standard InChI is InChI=1S/C21H26N4O/c1-3-20-24(18-12-8-7-11-17(18)22)14-13-21(26)25(20)19(23-2)15-16-9-5-4-6-10-16/h4-12,19-20H,2-3,13-15,22H2,1H3/t19-,20?/m0/s1. The van der Waals surface area contributed by atoms with Gasteiger partial charge in [0.2, 0.25) is 5.91 Å². The molecule has 1 fully saturated rings. The van der Waals surface area contributed by atoms with Gasteiger partial charge in [-0.2, -0.15) is 0 Å². The van der Waals surface area contributed by atoms with Gasteiger partial charge in [0.1, 0.15) is 12.3 Å². The van der Waals surface area contributed by atoms with Crippen LogP contribution < -0.4 is 10.6 Å². The maximum absolute atomic E-state index is 12.8. The Morgan fingerprint density at radius 1 is 1.19 bits per heavy atom. The fraction of sp³-hybridized carbons (Fsp3) is 0.333. The van der Waals surface area contributed by atoms with Crippen molar-refractivity contribution in [2.24, 2.45) is 4.99 Å². The Morgan fingerprint density at radius 3 is 2.54 bits per heavy atom. The van der Waals surface area contributed by atoms with Crippen LogP contribution in [0.25, 0.3) is 0 Å². The molecule has 2 aromatic rings. The molecule has 0 bridgehead atoms. The van der Waals surface area contributed by atoms with Crippen molar-refractivity contribution in [3.05, 3.63) is 60.2 Å². The molecule has 0 radical (unpaired) electrons. The minimum Gasteiger partial charge on any atom is -0.397 e. The van der Waals surface area contributed by atoms with E-state index < -0.39 is 0 Å². The van der Waals surface area contributed by atoms with E-state index in [0.29, 0.717) is 19.4 Å². The normalized spacial score (nSPS) is 18.7. The zero-order valence-electron chi connectivity index (χ0n) is 15.2. The van der Waals surface area contributed by atoms with Crippen LogP contribution in [0, 0.1) is 0 Å². The number of rotatable bonds is 6. The molecule has 1 aliphatic rings. The van der Waals surface area contributed by atoms with Gasteiger partial charge in [-0.15, -0.1) is 0 Å². The number of benzene rings is 2. The third-order valence-electron chi connectivity index (χ3n) is 4.94. The Hall–Kier alpha value is -2.82. The van der Waals surface area contributed by atoms with E-state index in [1.165, 1.54) is 0 Å². The number of carbonyl (C=O) groups is 1. The SMILES string of the molecule is C=N[C@H](Cc1ccccc1)N1C(=O)CCN(c2ccccc2N)C1CC. The van der Waals surface area contributed by atoms with Gasteiger partial charge in [-0.3, -0.25) is 14.7 Å². The molecule has 1 aliphatic heterocycles. The molecule has 26 heavy (non-hydrogen) atoms. The van der Waals surface area contributed by atoms with Crippen molar-refractivity contribution in [2.45, 2.75) is 38.5 Å². The summed E-state index contributed by atoms with van der Waals surface area (Å²) in [5, 5.41) is 0. The molecule has 5 heteroatoms. The lowest BCUT2D eigenvalue weighted by atomic mass is 10.1. The first kappa shape index (κ1) is 18.0. The highest BCUT2D eigenvalue weighted by molar-refractivity contribution is 5.81. The number of nitrogens with zero attached hydrogens (tertiary/aromatic N) is 3. The van der Waals surface area contributed by atoms with Crippen LogP contribution in [0.2, 0.25) is 0 Å². The third-order valence-corrected chi connectivity index (χ3v) is 4.94. The number of nitrogen functional groups attached to an aromatic ring is 1. The monoisotopic (exact) mass is 350 g/mol. The lowest BCUT2D eigenvalue weighted by Gasteiger charge is -2.47. The Labute approximate surface area is 155 Å². The average Bonchev–Trinajstić information content (AvgIpc) is 2.67. The summed E-state index contributed by atoms with van der Waals surface area (Å²) in [6, 6.07) is 17.9. The maximum atomic E-state index is 12.8. The summed E-state index contributed by atoms with van der Waals surface area (Å²) in [7, 11) is 0. The number of hydrogen-bond donors (Lipinski definition) is 1. The number of hydrogen-bond acceptors (Lipinski definition) is 4. The number of para-hydroxylation sites is 2. The van der Waals surface area contributed by atoms with E-state index in [0.717, 1.165) is 23.4 Å². The predicted octanol–water partition coefficient (Wildman–Crippen LogP) is 3.31. The molecule has 1 heterocycles. The van der Waals surface area contributed by atoms with Crippen LogP contribution >= 0.6 is 0 Å². The highest BCUT2D eigenvalue weighted by Gasteiger charge is 2.37. The summed E-state index contributed by atoms with van der Waals surface area (Å²) in [4.78, 5) is 21.2. The number of carbonyl (C=O) groups excluding carboxylic acids is 1. The van der Waals surface area contributed by atoms with E-state index in [1.54, 1.807) is 0 Å². The summed E-state index contributed by atoms with van der Waals surface area (Å²) in [5.74, 6) is 0.121. The molecule has 0 aromatic heterocycles. The summed E-state index contributed by atoms with van der Waals surface area (Å²) < 4.78 is 0. The van der Waals surface area contributed by atoms with E-state index in [9.17, 15) is 4.79 Å². The second-order valence-electron chi connectivity index (χ2n) is 6.55. The number of anilines is 2. The van der Waals surface area contributed by atoms with E-state index in [2.05, 4.69) is 35.7 Å². The summed E-state index contributed by atoms with van der Waals surface area (Å²) in [6.45, 7) is 6.52. The molecule has 1 unspecified atom stereocenters. The van der Waals surface area contributed by atoms with Crippen LogP contribution in [0.4, 0.5) is 11.4 Å². The summed E-state index contributed by atoms with van der Waals surface area (Å²) in [5.41, 5.74) is 9.04. The fourth-order valence-electron chi connectivity index (χ4n) is 3.70. The minimum absolute atomic E-state index is 0.0832. The van der Waals surface area contributed by atoms with E-state index in [4.69, 9.17) is 5.73 Å². The molecule has 3 rings (SSSR count). The summed E-state index contributed by atoms with van der Waals surface area (Å²) >= 11 is 0. The topological polar surface area (TPSA) is 61.9 Å². The number of amides is 1. The van der Waals surface area contributed by atoms with Crippen LogP contribution in [-0.4, -0.2) is 36.4 Å². The van der Waals surface area contributed by atoms with E-state index in [-0.39, 0.29) is 18.2 Å². The van der Waals surface area contributed by atoms with E-state index >= 15 is 0 Å². The molecule has 0 saturated carbocycles. The fourth-order valence-corrected chi connectivity index (χ4v) is 3.70. The van der Waals surface area contributed by atoms with Gasteiger partial charge in [-0.1, -0.05) is 49.4 Å². The van der Waals surface area contributed by atoms with Crippen LogP contribution in [0.5, 0.6) is 0 Å². The first-order valence-corrected chi connectivity index (χ1v) is 9.07. The molecular weight excluding hydrogens is 324 g/mol. The van der Waals surface area contributed by atoms with Gasteiger partial charge in [-0.05, 0) is 30.8 Å². The Kier molecular flexibility index (Phi) is 5.56. The Bertz CT molecular complexity index is 762. The largest absolute Gasteiger partial charge is 0.397 e. The van der Waals surface area contributed by atoms with Gasteiger partial charge in [0.15, 0.2) is 0 Å². The van der Waals surface area contributed by atoms with E-state index in [1.807, 2.05) is 47.4 Å². The highest BCUT2D eigenvalue weighted by atomic mass is 16.2. The first-order chi connectivity index (χ1) is 12.7. The van der Waals surface area contributed by atoms with Gasteiger partial charge in [0.25, 0.3) is 0 Å². The van der Waals surface area contributed by atoms with Crippen LogP contribution in [-0.2, 0) is 11.2 Å². The first-order valence-electron chi connectivity index (χ1n) is 9.07. The van der Waals surface area contributed by atoms with Crippen molar-refractivity contribution in [1.82, 2.24) is 4.90 Å². The molecule has 0 spiro atoms.